The predicted molar refractivity (Wildman–Crippen MR) is 71.4 cm³/mol. The van der Waals surface area contributed by atoms with Crippen molar-refractivity contribution in [2.75, 3.05) is 30.9 Å². The summed E-state index contributed by atoms with van der Waals surface area (Å²) in [5.41, 5.74) is 1.58. The molecule has 2 rings (SSSR count). The summed E-state index contributed by atoms with van der Waals surface area (Å²) in [6.45, 7) is 0.954. The third-order valence-corrected chi connectivity index (χ3v) is 2.93. The molecule has 0 fully saturated rings. The minimum Gasteiger partial charge on any atom is -0.370 e. The van der Waals surface area contributed by atoms with E-state index in [9.17, 15) is 0 Å². The Kier molecular flexibility index (Phi) is 3.96. The lowest BCUT2D eigenvalue weighted by Crippen LogP contribution is -2.14. The van der Waals surface area contributed by atoms with Crippen LogP contribution in [-0.2, 0) is 0 Å². The summed E-state index contributed by atoms with van der Waals surface area (Å²) in [5, 5.41) is 3.35. The summed E-state index contributed by atoms with van der Waals surface area (Å²) in [6.07, 6.45) is 9.14. The number of allylic oxidation sites excluding steroid dienone is 1. The fourth-order valence-electron chi connectivity index (χ4n) is 1.98. The van der Waals surface area contributed by atoms with Crippen molar-refractivity contribution in [1.82, 2.24) is 9.97 Å². The molecule has 0 bridgehead atoms. The molecule has 1 aromatic heterocycles. The topological polar surface area (TPSA) is 41.1 Å². The summed E-state index contributed by atoms with van der Waals surface area (Å²) in [5.74, 6) is 1.65. The number of nitrogens with one attached hydrogen (secondary N) is 1. The van der Waals surface area contributed by atoms with E-state index in [0.29, 0.717) is 0 Å². The summed E-state index contributed by atoms with van der Waals surface area (Å²) in [6, 6.07) is 1.91. The minimum atomic E-state index is 0.745. The molecule has 0 aliphatic heterocycles. The van der Waals surface area contributed by atoms with Gasteiger partial charge in [-0.2, -0.15) is 4.98 Å². The first kappa shape index (κ1) is 11.9. The van der Waals surface area contributed by atoms with Crippen molar-refractivity contribution in [1.29, 1.82) is 0 Å². The number of nitrogens with zero attached hydrogens (tertiary/aromatic N) is 3. The van der Waals surface area contributed by atoms with Gasteiger partial charge in [-0.1, -0.05) is 11.6 Å². The van der Waals surface area contributed by atoms with Crippen LogP contribution in [0.1, 0.15) is 25.7 Å². The Hall–Kier alpha value is -1.58. The molecule has 0 amide bonds. The lowest BCUT2D eigenvalue weighted by atomic mass is 10.2. The van der Waals surface area contributed by atoms with E-state index in [0.717, 1.165) is 24.7 Å². The highest BCUT2D eigenvalue weighted by Crippen LogP contribution is 2.20. The zero-order valence-electron chi connectivity index (χ0n) is 10.6. The van der Waals surface area contributed by atoms with Gasteiger partial charge >= 0.3 is 0 Å². The van der Waals surface area contributed by atoms with E-state index in [2.05, 4.69) is 21.4 Å². The molecule has 92 valence electrons. The van der Waals surface area contributed by atoms with Crippen molar-refractivity contribution in [3.05, 3.63) is 23.9 Å². The molecule has 0 atom stereocenters. The standard InChI is InChI=1S/C13H20N4/c1-17(2)13-15-10-8-12(16-13)14-9-7-11-5-3-4-6-11/h5,8,10H,3-4,6-7,9H2,1-2H3,(H,14,15,16). The van der Waals surface area contributed by atoms with Gasteiger partial charge in [-0.15, -0.1) is 0 Å². The van der Waals surface area contributed by atoms with Crippen LogP contribution < -0.4 is 10.2 Å². The first-order chi connectivity index (χ1) is 8.25. The molecular weight excluding hydrogens is 212 g/mol. The van der Waals surface area contributed by atoms with Crippen LogP contribution in [0.15, 0.2) is 23.9 Å². The quantitative estimate of drug-likeness (QED) is 0.792. The largest absolute Gasteiger partial charge is 0.370 e. The van der Waals surface area contributed by atoms with E-state index in [4.69, 9.17) is 0 Å². The van der Waals surface area contributed by atoms with E-state index in [1.807, 2.05) is 25.1 Å². The van der Waals surface area contributed by atoms with Gasteiger partial charge in [-0.25, -0.2) is 4.98 Å². The van der Waals surface area contributed by atoms with Crippen molar-refractivity contribution in [3.63, 3.8) is 0 Å². The molecule has 0 unspecified atom stereocenters. The highest BCUT2D eigenvalue weighted by molar-refractivity contribution is 5.40. The van der Waals surface area contributed by atoms with Crippen molar-refractivity contribution >= 4 is 11.8 Å². The molecular formula is C13H20N4. The summed E-state index contributed by atoms with van der Waals surface area (Å²) in [4.78, 5) is 10.5. The van der Waals surface area contributed by atoms with Crippen LogP contribution in [0.5, 0.6) is 0 Å². The molecule has 0 saturated carbocycles. The molecule has 0 saturated heterocycles. The van der Waals surface area contributed by atoms with Gasteiger partial charge in [-0.05, 0) is 31.7 Å². The smallest absolute Gasteiger partial charge is 0.226 e. The Balaban J connectivity index is 1.83. The maximum atomic E-state index is 4.42. The maximum absolute atomic E-state index is 4.42. The van der Waals surface area contributed by atoms with Gasteiger partial charge in [0, 0.05) is 26.8 Å². The van der Waals surface area contributed by atoms with Gasteiger partial charge in [0.25, 0.3) is 0 Å². The SMILES string of the molecule is CN(C)c1nccc(NCCC2=CCCC2)n1. The monoisotopic (exact) mass is 232 g/mol. The molecule has 0 spiro atoms. The molecule has 17 heavy (non-hydrogen) atoms. The van der Waals surface area contributed by atoms with Gasteiger partial charge in [-0.3, -0.25) is 0 Å². The number of aromatic nitrogens is 2. The molecule has 1 heterocycles. The Bertz CT molecular complexity index is 398. The van der Waals surface area contributed by atoms with Gasteiger partial charge in [0.1, 0.15) is 5.82 Å². The second-order valence-electron chi connectivity index (χ2n) is 4.57. The second kappa shape index (κ2) is 5.66. The molecule has 0 aromatic carbocycles. The van der Waals surface area contributed by atoms with E-state index in [-0.39, 0.29) is 0 Å². The summed E-state index contributed by atoms with van der Waals surface area (Å²) in [7, 11) is 3.89. The highest BCUT2D eigenvalue weighted by atomic mass is 15.2. The summed E-state index contributed by atoms with van der Waals surface area (Å²) >= 11 is 0. The van der Waals surface area contributed by atoms with E-state index >= 15 is 0 Å². The van der Waals surface area contributed by atoms with E-state index in [1.165, 1.54) is 19.3 Å². The number of rotatable bonds is 5. The normalized spacial score (nSPS) is 14.6. The van der Waals surface area contributed by atoms with Gasteiger partial charge in [0.05, 0.1) is 0 Å². The zero-order chi connectivity index (χ0) is 12.1. The fraction of sp³-hybridized carbons (Fsp3) is 0.538. The third-order valence-electron chi connectivity index (χ3n) is 2.93. The van der Waals surface area contributed by atoms with Gasteiger partial charge in [0.2, 0.25) is 5.95 Å². The fourth-order valence-corrected chi connectivity index (χ4v) is 1.98. The van der Waals surface area contributed by atoms with Crippen molar-refractivity contribution in [2.45, 2.75) is 25.7 Å². The zero-order valence-corrected chi connectivity index (χ0v) is 10.6. The van der Waals surface area contributed by atoms with Crippen LogP contribution in [0.3, 0.4) is 0 Å². The first-order valence-electron chi connectivity index (χ1n) is 6.18. The Labute approximate surface area is 103 Å². The Morgan fingerprint density at radius 2 is 2.29 bits per heavy atom. The molecule has 0 radical (unpaired) electrons. The average molecular weight is 232 g/mol. The lowest BCUT2D eigenvalue weighted by Gasteiger charge is -2.11. The molecule has 1 N–H and O–H groups in total. The van der Waals surface area contributed by atoms with Crippen LogP contribution in [0, 0.1) is 0 Å². The maximum Gasteiger partial charge on any atom is 0.226 e. The minimum absolute atomic E-state index is 0.745. The second-order valence-corrected chi connectivity index (χ2v) is 4.57. The molecule has 4 nitrogen and oxygen atoms in total. The predicted octanol–water partition coefficient (Wildman–Crippen LogP) is 2.45. The van der Waals surface area contributed by atoms with Crippen LogP contribution in [0.2, 0.25) is 0 Å². The van der Waals surface area contributed by atoms with E-state index < -0.39 is 0 Å². The van der Waals surface area contributed by atoms with E-state index in [1.54, 1.807) is 11.8 Å². The Morgan fingerprint density at radius 1 is 1.41 bits per heavy atom. The van der Waals surface area contributed by atoms with Gasteiger partial charge in [0.15, 0.2) is 0 Å². The van der Waals surface area contributed by atoms with Gasteiger partial charge < -0.3 is 10.2 Å². The lowest BCUT2D eigenvalue weighted by molar-refractivity contribution is 0.861. The number of hydrogen-bond acceptors (Lipinski definition) is 4. The first-order valence-corrected chi connectivity index (χ1v) is 6.18. The van der Waals surface area contributed by atoms with Crippen LogP contribution in [0.4, 0.5) is 11.8 Å². The van der Waals surface area contributed by atoms with Crippen molar-refractivity contribution < 1.29 is 0 Å². The molecule has 1 aromatic rings. The molecule has 4 heteroatoms. The third kappa shape index (κ3) is 3.44. The van der Waals surface area contributed by atoms with Crippen LogP contribution in [-0.4, -0.2) is 30.6 Å². The Morgan fingerprint density at radius 3 is 3.00 bits per heavy atom. The number of anilines is 2. The van der Waals surface area contributed by atoms with Crippen molar-refractivity contribution in [2.24, 2.45) is 0 Å². The highest BCUT2D eigenvalue weighted by Gasteiger charge is 2.04. The number of hydrogen-bond donors (Lipinski definition) is 1. The van der Waals surface area contributed by atoms with Crippen molar-refractivity contribution in [3.8, 4) is 0 Å². The summed E-state index contributed by atoms with van der Waals surface area (Å²) < 4.78 is 0. The average Bonchev–Trinajstić information content (AvgIpc) is 2.82. The molecule has 1 aliphatic rings. The van der Waals surface area contributed by atoms with Crippen LogP contribution in [0.25, 0.3) is 0 Å². The molecule has 1 aliphatic carbocycles. The van der Waals surface area contributed by atoms with Crippen LogP contribution >= 0.6 is 0 Å².